The molecule has 1 aliphatic rings. The first-order chi connectivity index (χ1) is 50.8. The molecule has 5 aromatic heterocycles. The number of nitrogens with zero attached hydrogens (tertiary/aromatic N) is 15. The van der Waals surface area contributed by atoms with E-state index in [0.29, 0.717) is 103 Å². The fraction of sp³-hybridized carbons (Fsp3) is 0.234. The van der Waals surface area contributed by atoms with Crippen LogP contribution in [0.25, 0.3) is 60.1 Å². The Morgan fingerprint density at radius 2 is 1.03 bits per heavy atom. The second kappa shape index (κ2) is 36.8. The minimum absolute atomic E-state index is 0.0443. The van der Waals surface area contributed by atoms with Crippen LogP contribution in [0.2, 0.25) is 0 Å². The molecule has 12 rings (SSSR count). The van der Waals surface area contributed by atoms with E-state index in [-0.39, 0.29) is 29.0 Å². The van der Waals surface area contributed by atoms with E-state index < -0.39 is 11.9 Å². The van der Waals surface area contributed by atoms with E-state index in [1.54, 1.807) is 83.8 Å². The summed E-state index contributed by atoms with van der Waals surface area (Å²) >= 11 is 0. The molecular weight excluding hydrogens is 1350 g/mol. The lowest BCUT2D eigenvalue weighted by molar-refractivity contribution is -0.119. The summed E-state index contributed by atoms with van der Waals surface area (Å²) < 4.78 is 19.5. The van der Waals surface area contributed by atoms with Gasteiger partial charge >= 0.3 is 12.0 Å². The Hall–Kier alpha value is -13.7. The molecular formula is C77H79N19O10. The molecule has 0 aliphatic carbocycles. The summed E-state index contributed by atoms with van der Waals surface area (Å²) in [6, 6.07) is 38.8. The molecule has 0 spiro atoms. The van der Waals surface area contributed by atoms with Gasteiger partial charge in [0.15, 0.2) is 28.7 Å². The van der Waals surface area contributed by atoms with E-state index in [4.69, 9.17) is 44.4 Å². The lowest BCUT2D eigenvalue weighted by Gasteiger charge is -2.34. The highest BCUT2D eigenvalue weighted by molar-refractivity contribution is 5.96. The van der Waals surface area contributed by atoms with Crippen LogP contribution in [-0.2, 0) is 24.4 Å². The first-order valence-electron chi connectivity index (χ1n) is 32.9. The number of nitrogens with one attached hydrogen (secondary N) is 3. The van der Waals surface area contributed by atoms with Crippen molar-refractivity contribution in [2.75, 3.05) is 40.4 Å². The fourth-order valence-corrected chi connectivity index (χ4v) is 10.8. The molecule has 0 bridgehead atoms. The molecule has 6 heterocycles. The summed E-state index contributed by atoms with van der Waals surface area (Å²) in [5.41, 5.74) is 24.5. The first-order valence-corrected chi connectivity index (χ1v) is 32.9. The summed E-state index contributed by atoms with van der Waals surface area (Å²) in [4.78, 5) is 67.9. The highest BCUT2D eigenvalue weighted by atomic mass is 16.5. The quantitative estimate of drug-likeness (QED) is 0.0393. The number of piperazine rings is 1. The molecule has 6 aromatic carbocycles. The number of hydrogen-bond donors (Lipinski definition) is 7. The third kappa shape index (κ3) is 20.8. The zero-order valence-electron chi connectivity index (χ0n) is 60.3. The Morgan fingerprint density at radius 1 is 0.547 bits per heavy atom. The lowest BCUT2D eigenvalue weighted by atomic mass is 10.0. The van der Waals surface area contributed by atoms with Gasteiger partial charge in [-0.15, -0.1) is 30.6 Å². The number of urea groups is 1. The normalized spacial score (nSPS) is 11.3. The van der Waals surface area contributed by atoms with Crippen molar-refractivity contribution in [3.8, 4) is 68.9 Å². The number of aromatic hydroxyl groups is 2. The molecule has 29 heteroatoms. The molecule has 1 saturated heterocycles. The molecule has 0 radical (unpaired) electrons. The van der Waals surface area contributed by atoms with Gasteiger partial charge in [-0.05, 0) is 129 Å². The van der Waals surface area contributed by atoms with Gasteiger partial charge < -0.3 is 45.2 Å². The smallest absolute Gasteiger partial charge is 0.335 e. The number of carboxylic acids is 1. The Labute approximate surface area is 612 Å². The van der Waals surface area contributed by atoms with Crippen LogP contribution in [0, 0.1) is 75.1 Å². The van der Waals surface area contributed by atoms with Crippen molar-refractivity contribution in [2.45, 2.75) is 81.9 Å². The van der Waals surface area contributed by atoms with Crippen LogP contribution < -0.4 is 31.4 Å². The minimum atomic E-state index is -0.963. The van der Waals surface area contributed by atoms with E-state index in [2.05, 4.69) is 88.3 Å². The van der Waals surface area contributed by atoms with Crippen molar-refractivity contribution >= 4 is 40.9 Å². The molecule has 0 atom stereocenters. The number of aryl methyl sites for hydroxylation is 8. The minimum Gasteiger partial charge on any atom is -0.508 e. The second-order valence-corrected chi connectivity index (χ2v) is 24.1. The summed E-state index contributed by atoms with van der Waals surface area (Å²) in [6.45, 7) is 41.0. The van der Waals surface area contributed by atoms with Gasteiger partial charge in [-0.1, -0.05) is 78.9 Å². The van der Waals surface area contributed by atoms with Crippen molar-refractivity contribution in [3.63, 3.8) is 0 Å². The molecule has 106 heavy (non-hydrogen) atoms. The van der Waals surface area contributed by atoms with Crippen LogP contribution in [0.3, 0.4) is 0 Å². The lowest BCUT2D eigenvalue weighted by Crippen LogP contribution is -2.51. The number of phenols is 2. The second-order valence-electron chi connectivity index (χ2n) is 24.1. The van der Waals surface area contributed by atoms with Gasteiger partial charge in [0.2, 0.25) is 29.4 Å². The van der Waals surface area contributed by atoms with Crippen LogP contribution in [0.1, 0.15) is 89.7 Å². The maximum atomic E-state index is 12.9. The zero-order chi connectivity index (χ0) is 76.7. The monoisotopic (exact) mass is 1430 g/mol. The van der Waals surface area contributed by atoms with E-state index >= 15 is 0 Å². The van der Waals surface area contributed by atoms with E-state index in [1.807, 2.05) is 103 Å². The summed E-state index contributed by atoms with van der Waals surface area (Å²) in [7, 11) is 3.18. The SMILES string of the molecule is COc1ccc(-n2c(C)nnc2-c2ccc(CN)c(C)c2)cn1.COc1ccc(-n2c(C)nnc2-c2ccc(CNC(=O)N3CCN(Cc4cc(O)cc(O)c4)CC3)c(C)c2)cn1.[C-]#[N+]c1ccc(-c2nnc(C)o2)cc1C.[C-]#[N+]c1ccc(C(=O)NNC(C)=O)cc1C.[C-]#[N+]c1ccc(C(=O)O)cc1C. The number of methoxy groups -OCH3 is 2. The van der Waals surface area contributed by atoms with Crippen LogP contribution >= 0.6 is 0 Å². The number of aromatic nitrogens is 10. The maximum Gasteiger partial charge on any atom is 0.335 e. The zero-order valence-corrected chi connectivity index (χ0v) is 60.3. The average Bonchev–Trinajstić information content (AvgIpc) is 1.62. The van der Waals surface area contributed by atoms with Crippen LogP contribution in [0.15, 0.2) is 150 Å². The van der Waals surface area contributed by atoms with Gasteiger partial charge in [0.1, 0.15) is 23.1 Å². The highest BCUT2D eigenvalue weighted by Crippen LogP contribution is 2.30. The molecule has 4 amide bonds. The number of phenolic OH excluding ortho intramolecular Hbond substituents is 2. The van der Waals surface area contributed by atoms with Gasteiger partial charge in [0.05, 0.1) is 63.3 Å². The molecule has 1 aliphatic heterocycles. The molecule has 0 saturated carbocycles. The number of nitrogens with two attached hydrogens (primary N) is 1. The number of benzene rings is 6. The van der Waals surface area contributed by atoms with Crippen molar-refractivity contribution in [1.29, 1.82) is 0 Å². The van der Waals surface area contributed by atoms with Crippen LogP contribution in [-0.4, -0.2) is 139 Å². The molecule has 542 valence electrons. The van der Waals surface area contributed by atoms with E-state index in [0.717, 1.165) is 84.5 Å². The van der Waals surface area contributed by atoms with Gasteiger partial charge in [-0.25, -0.2) is 34.1 Å². The summed E-state index contributed by atoms with van der Waals surface area (Å²) in [5, 5.41) is 56.0. The number of aromatic carboxylic acids is 1. The van der Waals surface area contributed by atoms with Crippen LogP contribution in [0.4, 0.5) is 21.9 Å². The maximum absolute atomic E-state index is 12.9. The Kier molecular flexibility index (Phi) is 27.1. The Bertz CT molecular complexity index is 5060. The number of amides is 4. The van der Waals surface area contributed by atoms with Crippen molar-refractivity contribution in [1.82, 2.24) is 75.7 Å². The fourth-order valence-electron chi connectivity index (χ4n) is 10.8. The van der Waals surface area contributed by atoms with Crippen LogP contribution in [0.5, 0.6) is 23.3 Å². The predicted octanol–water partition coefficient (Wildman–Crippen LogP) is 12.3. The molecule has 29 nitrogen and oxygen atoms in total. The van der Waals surface area contributed by atoms with E-state index in [9.17, 15) is 29.4 Å². The largest absolute Gasteiger partial charge is 0.508 e. The average molecular weight is 1430 g/mol. The standard InChI is InChI=1S/C29H33N7O4.C17H19N5O.C11H11N3O2.C11H9N3O.C9H7NO2/c1-19-12-22(28-33-32-20(2)36(28)24-6-7-27(40-3)30-17-24)4-5-23(19)16-31-29(39)35-10-8-34(9-11-35)18-21-13-25(37)15-26(38)14-21;1-11-8-13(4-5-14(11)9-18)17-21-20-12(2)22(17)15-6-7-16(23-3)19-10-15;1-7-6-9(4-5-10(7)12-3)11(16)14-13-8(2)15;1-7-6-9(4-5-10(7)12-3)11-14-13-8(2)15-11;1-6-5-7(9(11)12)3-4-8(6)10-2/h4-7,12-15,17,37-38H,8-11,16,18H2,1-3H3,(H,31,39);4-8,10H,9,18H2,1-3H3;4-6H,1-2H3,(H,13,15)(H,14,16);4-6H,1-2H3;3-5H,1H3,(H,11,12). The number of ether oxygens (including phenoxy) is 2. The number of rotatable bonds is 14. The Morgan fingerprint density at radius 3 is 1.46 bits per heavy atom. The number of carboxylic acid groups (broad SMARTS) is 1. The number of hydrogen-bond acceptors (Lipinski definition) is 19. The van der Waals surface area contributed by atoms with Crippen molar-refractivity contribution in [3.05, 3.63) is 253 Å². The number of hydrazine groups is 1. The third-order valence-corrected chi connectivity index (χ3v) is 16.5. The molecule has 8 N–H and O–H groups in total. The number of pyridine rings is 2. The Balaban J connectivity index is 0.000000182. The first kappa shape index (κ1) is 78.0. The molecule has 1 fully saturated rings. The van der Waals surface area contributed by atoms with Gasteiger partial charge in [-0.3, -0.25) is 34.5 Å². The van der Waals surface area contributed by atoms with Crippen molar-refractivity contribution < 1.29 is 48.4 Å². The van der Waals surface area contributed by atoms with Crippen molar-refractivity contribution in [2.24, 2.45) is 5.73 Å². The summed E-state index contributed by atoms with van der Waals surface area (Å²) in [5.74, 6) is 3.55. The predicted molar refractivity (Wildman–Crippen MR) is 397 cm³/mol. The highest BCUT2D eigenvalue weighted by Gasteiger charge is 2.23. The number of carbonyl (C=O) groups is 4. The van der Waals surface area contributed by atoms with E-state index in [1.165, 1.54) is 37.3 Å². The van der Waals surface area contributed by atoms with Gasteiger partial charge in [0, 0.05) is 100 Å². The van der Waals surface area contributed by atoms with Gasteiger partial charge in [-0.2, -0.15) is 0 Å². The molecule has 11 aromatic rings. The summed E-state index contributed by atoms with van der Waals surface area (Å²) in [6.07, 6.45) is 3.48. The topological polar surface area (TPSA) is 355 Å². The molecule has 0 unspecified atom stereocenters. The van der Waals surface area contributed by atoms with Gasteiger partial charge in [0.25, 0.3) is 5.91 Å². The third-order valence-electron chi connectivity index (χ3n) is 16.5. The number of carbonyl (C=O) groups excluding carboxylic acids is 3.